The van der Waals surface area contributed by atoms with Crippen molar-refractivity contribution in [2.24, 2.45) is 11.7 Å². The van der Waals surface area contributed by atoms with Crippen LogP contribution in [0.2, 0.25) is 0 Å². The van der Waals surface area contributed by atoms with Crippen LogP contribution in [0, 0.1) is 5.92 Å². The maximum absolute atomic E-state index is 12.6. The summed E-state index contributed by atoms with van der Waals surface area (Å²) in [6.07, 6.45) is 0.596. The molecule has 164 valence electrons. The van der Waals surface area contributed by atoms with Crippen LogP contribution < -0.4 is 26.6 Å². The number of nitrogens with one attached hydrogen (secondary N) is 3. The fourth-order valence-corrected chi connectivity index (χ4v) is 3.37. The van der Waals surface area contributed by atoms with Gasteiger partial charge in [-0.15, -0.1) is 13.2 Å². The average molecular weight is 426 g/mol. The molecule has 0 saturated heterocycles. The Morgan fingerprint density at radius 3 is 2.57 bits per heavy atom. The highest BCUT2D eigenvalue weighted by Gasteiger charge is 2.32. The van der Waals surface area contributed by atoms with Crippen LogP contribution in [0.3, 0.4) is 0 Å². The highest BCUT2D eigenvalue weighted by atomic mass is 19.4. The largest absolute Gasteiger partial charge is 0.573 e. The van der Waals surface area contributed by atoms with E-state index in [9.17, 15) is 18.4 Å². The Balaban J connectivity index is 1.64. The second-order valence-corrected chi connectivity index (χ2v) is 7.24. The minimum atomic E-state index is -4.78. The van der Waals surface area contributed by atoms with Crippen molar-refractivity contribution in [2.45, 2.75) is 44.6 Å². The van der Waals surface area contributed by atoms with E-state index in [2.05, 4.69) is 25.3 Å². The fourth-order valence-electron chi connectivity index (χ4n) is 3.37. The minimum Gasteiger partial charge on any atom is -0.405 e. The maximum atomic E-state index is 12.6. The van der Waals surface area contributed by atoms with Gasteiger partial charge in [-0.1, -0.05) is 18.2 Å². The van der Waals surface area contributed by atoms with Crippen molar-refractivity contribution < 1.29 is 23.1 Å². The monoisotopic (exact) mass is 426 g/mol. The number of halogens is 3. The Bertz CT molecular complexity index is 828. The fraction of sp³-hybridized carbons (Fsp3) is 0.474. The van der Waals surface area contributed by atoms with Crippen molar-refractivity contribution in [3.63, 3.8) is 0 Å². The molecule has 0 radical (unpaired) electrons. The summed E-state index contributed by atoms with van der Waals surface area (Å²) in [5.74, 6) is 0.753. The van der Waals surface area contributed by atoms with Gasteiger partial charge in [0.25, 0.3) is 0 Å². The molecular formula is C19H25F3N6O2. The van der Waals surface area contributed by atoms with Crippen molar-refractivity contribution >= 4 is 17.5 Å². The Labute approximate surface area is 172 Å². The second kappa shape index (κ2) is 9.81. The van der Waals surface area contributed by atoms with Crippen LogP contribution in [0.15, 0.2) is 30.5 Å². The molecule has 0 atom stereocenters. The van der Waals surface area contributed by atoms with Crippen molar-refractivity contribution in [3.8, 4) is 5.75 Å². The summed E-state index contributed by atoms with van der Waals surface area (Å²) in [5, 5.41) is 15.4. The summed E-state index contributed by atoms with van der Waals surface area (Å²) in [4.78, 5) is 8.39. The Kier molecular flexibility index (Phi) is 7.16. The van der Waals surface area contributed by atoms with Gasteiger partial charge in [0.1, 0.15) is 11.4 Å². The summed E-state index contributed by atoms with van der Waals surface area (Å²) >= 11 is 0. The number of ether oxygens (including phenoxy) is 1. The molecule has 1 aliphatic rings. The quantitative estimate of drug-likeness (QED) is 0.406. The number of hydrogen-bond donors (Lipinski definition) is 5. The first-order chi connectivity index (χ1) is 14.3. The average Bonchev–Trinajstić information content (AvgIpc) is 2.71. The summed E-state index contributed by atoms with van der Waals surface area (Å²) in [7, 11) is 0. The molecule has 2 aromatic rings. The number of nitrogens with zero attached hydrogens (tertiary/aromatic N) is 2. The van der Waals surface area contributed by atoms with Gasteiger partial charge < -0.3 is 21.1 Å². The van der Waals surface area contributed by atoms with Gasteiger partial charge in [0.05, 0.1) is 6.20 Å². The van der Waals surface area contributed by atoms with Crippen molar-refractivity contribution in [1.82, 2.24) is 9.97 Å². The third kappa shape index (κ3) is 6.36. The lowest BCUT2D eigenvalue weighted by atomic mass is 9.86. The molecular weight excluding hydrogens is 401 g/mol. The van der Waals surface area contributed by atoms with E-state index in [1.807, 2.05) is 5.48 Å². The van der Waals surface area contributed by atoms with Crippen LogP contribution in [0.1, 0.15) is 31.2 Å². The molecule has 0 bridgehead atoms. The molecule has 3 rings (SSSR count). The van der Waals surface area contributed by atoms with Crippen LogP contribution in [-0.2, 0) is 6.54 Å². The van der Waals surface area contributed by atoms with Crippen LogP contribution in [0.25, 0.3) is 0 Å². The van der Waals surface area contributed by atoms with Crippen molar-refractivity contribution in [1.29, 1.82) is 0 Å². The minimum absolute atomic E-state index is 0.0259. The van der Waals surface area contributed by atoms with E-state index < -0.39 is 6.36 Å². The first-order valence-electron chi connectivity index (χ1n) is 9.68. The van der Waals surface area contributed by atoms with Gasteiger partial charge in [0, 0.05) is 24.7 Å². The van der Waals surface area contributed by atoms with E-state index in [1.54, 1.807) is 6.07 Å². The van der Waals surface area contributed by atoms with Gasteiger partial charge >= 0.3 is 6.36 Å². The van der Waals surface area contributed by atoms with Crippen LogP contribution >= 0.6 is 0 Å². The number of nitrogens with two attached hydrogens (primary N) is 1. The molecule has 0 spiro atoms. The summed E-state index contributed by atoms with van der Waals surface area (Å²) in [6.45, 7) is 0.693. The number of aromatic nitrogens is 2. The molecule has 1 aliphatic carbocycles. The maximum Gasteiger partial charge on any atom is 0.573 e. The van der Waals surface area contributed by atoms with E-state index in [1.165, 1.54) is 24.4 Å². The Morgan fingerprint density at radius 1 is 1.13 bits per heavy atom. The van der Waals surface area contributed by atoms with Crippen molar-refractivity contribution in [3.05, 3.63) is 36.0 Å². The molecule has 0 amide bonds. The van der Waals surface area contributed by atoms with Gasteiger partial charge in [-0.3, -0.25) is 10.7 Å². The predicted molar refractivity (Wildman–Crippen MR) is 106 cm³/mol. The van der Waals surface area contributed by atoms with Crippen molar-refractivity contribution in [2.75, 3.05) is 22.7 Å². The zero-order valence-electron chi connectivity index (χ0n) is 16.2. The van der Waals surface area contributed by atoms with E-state index >= 15 is 0 Å². The highest BCUT2D eigenvalue weighted by molar-refractivity contribution is 5.63. The molecule has 6 N–H and O–H groups in total. The highest BCUT2D eigenvalue weighted by Crippen LogP contribution is 2.28. The third-order valence-electron chi connectivity index (χ3n) is 4.99. The lowest BCUT2D eigenvalue weighted by Gasteiger charge is -2.26. The molecule has 1 saturated carbocycles. The van der Waals surface area contributed by atoms with Gasteiger partial charge in [-0.05, 0) is 37.7 Å². The molecule has 1 heterocycles. The van der Waals surface area contributed by atoms with E-state index in [4.69, 9.17) is 5.73 Å². The number of anilines is 3. The van der Waals surface area contributed by atoms with Gasteiger partial charge in [-0.2, -0.15) is 4.98 Å². The number of alkyl halides is 3. The second-order valence-electron chi connectivity index (χ2n) is 7.24. The number of hydrogen-bond acceptors (Lipinski definition) is 8. The molecule has 1 fully saturated rings. The molecule has 30 heavy (non-hydrogen) atoms. The summed E-state index contributed by atoms with van der Waals surface area (Å²) in [6, 6.07) is 6.10. The molecule has 1 aromatic heterocycles. The van der Waals surface area contributed by atoms with E-state index in [-0.39, 0.29) is 24.3 Å². The summed E-state index contributed by atoms with van der Waals surface area (Å²) in [5.41, 5.74) is 8.58. The smallest absolute Gasteiger partial charge is 0.405 e. The first-order valence-corrected chi connectivity index (χ1v) is 9.68. The Morgan fingerprint density at radius 2 is 1.87 bits per heavy atom. The SMILES string of the molecule is NC1CCC(CNc2nc(NCc3ccccc3OC(F)(F)F)ncc2NO)CC1. The van der Waals surface area contributed by atoms with Crippen LogP contribution in [0.5, 0.6) is 5.75 Å². The lowest BCUT2D eigenvalue weighted by Crippen LogP contribution is -2.29. The molecule has 11 heteroatoms. The first kappa shape index (κ1) is 21.9. The van der Waals surface area contributed by atoms with E-state index in [0.29, 0.717) is 29.5 Å². The molecule has 0 unspecified atom stereocenters. The molecule has 0 aliphatic heterocycles. The normalized spacial score (nSPS) is 19.2. The third-order valence-corrected chi connectivity index (χ3v) is 4.99. The van der Waals surface area contributed by atoms with E-state index in [0.717, 1.165) is 25.7 Å². The summed E-state index contributed by atoms with van der Waals surface area (Å²) < 4.78 is 41.8. The standard InChI is InChI=1S/C19H25F3N6O2/c20-19(21,22)30-16-4-2-1-3-13(16)10-25-18-26-11-15(28-29)17(27-18)24-9-12-5-7-14(23)8-6-12/h1-4,11-12,14,28-29H,5-10,23H2,(H2,24,25,26,27). The topological polar surface area (TPSA) is 117 Å². The predicted octanol–water partition coefficient (Wildman–Crippen LogP) is 3.72. The van der Waals surface area contributed by atoms with Gasteiger partial charge in [-0.25, -0.2) is 4.98 Å². The number of rotatable bonds is 8. The zero-order valence-corrected chi connectivity index (χ0v) is 16.2. The van der Waals surface area contributed by atoms with Crippen LogP contribution in [0.4, 0.5) is 30.6 Å². The molecule has 8 nitrogen and oxygen atoms in total. The van der Waals surface area contributed by atoms with Gasteiger partial charge in [0.2, 0.25) is 5.95 Å². The number of para-hydroxylation sites is 1. The Hall–Kier alpha value is -2.79. The number of benzene rings is 1. The lowest BCUT2D eigenvalue weighted by molar-refractivity contribution is -0.274. The van der Waals surface area contributed by atoms with Crippen LogP contribution in [-0.4, -0.2) is 34.1 Å². The molecule has 1 aromatic carbocycles. The zero-order chi connectivity index (χ0) is 21.6. The van der Waals surface area contributed by atoms with Gasteiger partial charge in [0.15, 0.2) is 5.82 Å².